The molecule has 2 aromatic carbocycles. The van der Waals surface area contributed by atoms with Crippen LogP contribution in [0, 0.1) is 6.92 Å². The van der Waals surface area contributed by atoms with Crippen LogP contribution in [0.1, 0.15) is 23.6 Å². The fourth-order valence-electron chi connectivity index (χ4n) is 2.39. The number of amidine groups is 1. The summed E-state index contributed by atoms with van der Waals surface area (Å²) >= 11 is 1.44. The van der Waals surface area contributed by atoms with Crippen LogP contribution in [0.5, 0.6) is 0 Å². The molecule has 0 saturated carbocycles. The average Bonchev–Trinajstić information content (AvgIpc) is 2.94. The van der Waals surface area contributed by atoms with Gasteiger partial charge in [0.05, 0.1) is 11.0 Å². The number of hydrogen-bond acceptors (Lipinski definition) is 4. The first-order valence-corrected chi connectivity index (χ1v) is 8.70. The summed E-state index contributed by atoms with van der Waals surface area (Å²) in [6.07, 6.45) is 0.691. The Kier molecular flexibility index (Phi) is 5.11. The van der Waals surface area contributed by atoms with E-state index in [4.69, 9.17) is 0 Å². The van der Waals surface area contributed by atoms with E-state index in [1.54, 1.807) is 0 Å². The molecule has 0 aromatic heterocycles. The van der Waals surface area contributed by atoms with E-state index in [2.05, 4.69) is 15.5 Å². The van der Waals surface area contributed by atoms with Gasteiger partial charge >= 0.3 is 0 Å². The van der Waals surface area contributed by atoms with E-state index in [-0.39, 0.29) is 11.2 Å². The molecular formula is C19H19N3OS. The lowest BCUT2D eigenvalue weighted by Crippen LogP contribution is -2.25. The number of carbonyl (C=O) groups is 1. The van der Waals surface area contributed by atoms with E-state index in [1.807, 2.05) is 68.4 Å². The van der Waals surface area contributed by atoms with Crippen molar-refractivity contribution in [3.05, 3.63) is 71.3 Å². The summed E-state index contributed by atoms with van der Waals surface area (Å²) in [5, 5.41) is 11.7. The zero-order valence-electron chi connectivity index (χ0n) is 13.7. The Balaban J connectivity index is 1.67. The number of hydrogen-bond donors (Lipinski definition) is 1. The Morgan fingerprint density at radius 2 is 1.83 bits per heavy atom. The van der Waals surface area contributed by atoms with E-state index >= 15 is 0 Å². The van der Waals surface area contributed by atoms with Crippen LogP contribution in [0.4, 0.5) is 0 Å². The molecule has 1 aliphatic heterocycles. The third-order valence-electron chi connectivity index (χ3n) is 3.80. The lowest BCUT2D eigenvalue weighted by Gasteiger charge is -2.04. The van der Waals surface area contributed by atoms with E-state index < -0.39 is 0 Å². The van der Waals surface area contributed by atoms with Crippen molar-refractivity contribution < 1.29 is 4.79 Å². The Labute approximate surface area is 146 Å². The van der Waals surface area contributed by atoms with Gasteiger partial charge in [-0.25, -0.2) is 0 Å². The zero-order valence-corrected chi connectivity index (χ0v) is 14.5. The molecule has 1 atom stereocenters. The van der Waals surface area contributed by atoms with Crippen molar-refractivity contribution in [3.8, 4) is 0 Å². The molecule has 1 N–H and O–H groups in total. The van der Waals surface area contributed by atoms with Crippen molar-refractivity contribution >= 4 is 28.5 Å². The third-order valence-corrected chi connectivity index (χ3v) is 4.87. The van der Waals surface area contributed by atoms with Gasteiger partial charge in [-0.15, -0.1) is 5.10 Å². The van der Waals surface area contributed by atoms with Gasteiger partial charge in [0.1, 0.15) is 0 Å². The van der Waals surface area contributed by atoms with E-state index in [0.717, 1.165) is 16.8 Å². The highest BCUT2D eigenvalue weighted by molar-refractivity contribution is 8.15. The molecule has 122 valence electrons. The molecule has 0 radical (unpaired) electrons. The normalized spacial score (nSPS) is 19.6. The fourth-order valence-corrected chi connectivity index (χ4v) is 3.35. The number of nitrogens with zero attached hydrogens (tertiary/aromatic N) is 2. The quantitative estimate of drug-likeness (QED) is 0.685. The summed E-state index contributed by atoms with van der Waals surface area (Å²) in [5.41, 5.74) is 4.20. The highest BCUT2D eigenvalue weighted by atomic mass is 32.2. The number of nitrogens with one attached hydrogen (secondary N) is 1. The predicted octanol–water partition coefficient (Wildman–Crippen LogP) is 3.55. The smallest absolute Gasteiger partial charge is 0.239 e. The molecule has 1 saturated heterocycles. The van der Waals surface area contributed by atoms with Crippen LogP contribution in [-0.4, -0.2) is 22.0 Å². The largest absolute Gasteiger partial charge is 0.303 e. The summed E-state index contributed by atoms with van der Waals surface area (Å²) in [4.78, 5) is 12.1. The van der Waals surface area contributed by atoms with Gasteiger partial charge in [0.25, 0.3) is 0 Å². The highest BCUT2D eigenvalue weighted by Gasteiger charge is 2.30. The van der Waals surface area contributed by atoms with Crippen molar-refractivity contribution in [2.24, 2.45) is 10.2 Å². The summed E-state index contributed by atoms with van der Waals surface area (Å²) in [7, 11) is 0. The number of rotatable bonds is 4. The maximum Gasteiger partial charge on any atom is 0.239 e. The van der Waals surface area contributed by atoms with Gasteiger partial charge in [-0.05, 0) is 31.4 Å². The minimum atomic E-state index is -0.152. The summed E-state index contributed by atoms with van der Waals surface area (Å²) in [5.74, 6) is -0.00853. The van der Waals surface area contributed by atoms with Gasteiger partial charge in [-0.2, -0.15) is 5.10 Å². The van der Waals surface area contributed by atoms with Crippen molar-refractivity contribution in [3.63, 3.8) is 0 Å². The van der Waals surface area contributed by atoms with Crippen molar-refractivity contribution in [1.29, 1.82) is 0 Å². The molecule has 4 nitrogen and oxygen atoms in total. The first kappa shape index (κ1) is 16.5. The van der Waals surface area contributed by atoms with E-state index in [1.165, 1.54) is 17.3 Å². The molecule has 1 aliphatic rings. The maximum atomic E-state index is 12.1. The molecule has 5 heteroatoms. The minimum absolute atomic E-state index is 0.00853. The molecule has 0 spiro atoms. The van der Waals surface area contributed by atoms with Crippen molar-refractivity contribution in [2.45, 2.75) is 25.5 Å². The molecule has 0 bridgehead atoms. The second-order valence-electron chi connectivity index (χ2n) is 5.74. The first-order valence-electron chi connectivity index (χ1n) is 7.82. The molecule has 2 aromatic rings. The van der Waals surface area contributed by atoms with E-state index in [9.17, 15) is 4.79 Å². The van der Waals surface area contributed by atoms with Gasteiger partial charge in [0, 0.05) is 0 Å². The lowest BCUT2D eigenvalue weighted by molar-refractivity contribution is -0.118. The number of benzene rings is 2. The molecule has 0 aliphatic carbocycles. The molecule has 3 rings (SSSR count). The highest BCUT2D eigenvalue weighted by Crippen LogP contribution is 2.23. The van der Waals surface area contributed by atoms with Crippen LogP contribution >= 0.6 is 11.8 Å². The van der Waals surface area contributed by atoms with Crippen LogP contribution < -0.4 is 5.32 Å². The molecule has 24 heavy (non-hydrogen) atoms. The number of amides is 1. The first-order chi connectivity index (χ1) is 11.6. The fraction of sp³-hybridized carbons (Fsp3) is 0.211. The standard InChI is InChI=1S/C19H19N3OS/c1-13-8-10-16(11-9-13)14(2)21-22-19-20-18(23)17(24-19)12-15-6-4-3-5-7-15/h3-11,17H,12H2,1-2H3,(H,20,22,23)/b21-14-/t17-/m0/s1. The minimum Gasteiger partial charge on any atom is -0.303 e. The Hall–Kier alpha value is -2.40. The van der Waals surface area contributed by atoms with Crippen LogP contribution in [0.15, 0.2) is 64.8 Å². The SMILES string of the molecule is C/C(=N/N=C1/NC(=O)[C@H](Cc2ccccc2)S1)c1ccc(C)cc1. The second-order valence-corrected chi connectivity index (χ2v) is 6.93. The lowest BCUT2D eigenvalue weighted by atomic mass is 10.1. The molecule has 1 fully saturated rings. The van der Waals surface area contributed by atoms with Crippen molar-refractivity contribution in [2.75, 3.05) is 0 Å². The molecule has 0 unspecified atom stereocenters. The van der Waals surface area contributed by atoms with Gasteiger partial charge in [-0.1, -0.05) is 71.9 Å². The van der Waals surface area contributed by atoms with Gasteiger partial charge in [0.2, 0.25) is 5.91 Å². The summed E-state index contributed by atoms with van der Waals surface area (Å²) in [6.45, 7) is 3.96. The van der Waals surface area contributed by atoms with Crippen LogP contribution in [0.2, 0.25) is 0 Å². The van der Waals surface area contributed by atoms with Crippen LogP contribution in [0.25, 0.3) is 0 Å². The average molecular weight is 337 g/mol. The number of aryl methyl sites for hydroxylation is 1. The van der Waals surface area contributed by atoms with E-state index in [0.29, 0.717) is 11.6 Å². The van der Waals surface area contributed by atoms with Crippen LogP contribution in [0.3, 0.4) is 0 Å². The molecule has 1 amide bonds. The second kappa shape index (κ2) is 7.45. The Morgan fingerprint density at radius 3 is 2.54 bits per heavy atom. The molecular weight excluding hydrogens is 318 g/mol. The van der Waals surface area contributed by atoms with Crippen molar-refractivity contribution in [1.82, 2.24) is 5.32 Å². The summed E-state index contributed by atoms with van der Waals surface area (Å²) < 4.78 is 0. The molecule has 1 heterocycles. The van der Waals surface area contributed by atoms with Crippen LogP contribution in [-0.2, 0) is 11.2 Å². The maximum absolute atomic E-state index is 12.1. The number of thioether (sulfide) groups is 1. The summed E-state index contributed by atoms with van der Waals surface area (Å²) in [6, 6.07) is 18.1. The monoisotopic (exact) mass is 337 g/mol. The predicted molar refractivity (Wildman–Crippen MR) is 100 cm³/mol. The zero-order chi connectivity index (χ0) is 16.9. The van der Waals surface area contributed by atoms with Gasteiger partial charge in [-0.3, -0.25) is 4.79 Å². The van der Waals surface area contributed by atoms with Gasteiger partial charge < -0.3 is 5.32 Å². The van der Waals surface area contributed by atoms with Gasteiger partial charge in [0.15, 0.2) is 5.17 Å². The Morgan fingerprint density at radius 1 is 1.12 bits per heavy atom. The Bertz CT molecular complexity index is 782. The topological polar surface area (TPSA) is 53.8 Å². The third kappa shape index (κ3) is 4.11. The number of carbonyl (C=O) groups excluding carboxylic acids is 1.